The van der Waals surface area contributed by atoms with Crippen LogP contribution in [0.4, 0.5) is 5.69 Å². The van der Waals surface area contributed by atoms with Crippen molar-refractivity contribution in [2.45, 2.75) is 12.5 Å². The first-order chi connectivity index (χ1) is 11.6. The summed E-state index contributed by atoms with van der Waals surface area (Å²) in [7, 11) is 0. The molecule has 3 rings (SSSR count). The Labute approximate surface area is 143 Å². The highest BCUT2D eigenvalue weighted by Gasteiger charge is 2.13. The van der Waals surface area contributed by atoms with Crippen molar-refractivity contribution in [3.63, 3.8) is 0 Å². The van der Waals surface area contributed by atoms with Gasteiger partial charge in [0.1, 0.15) is 0 Å². The standard InChI is InChI=1S/C17H15ClN4O2/c18-13-3-1-12(2-4-13)16(23)11-17(24)21-14-5-7-15(8-6-14)22-19-9-10-20-22/h1-10,16,23H,11H2,(H,21,24). The van der Waals surface area contributed by atoms with E-state index in [1.54, 1.807) is 60.9 Å². The minimum Gasteiger partial charge on any atom is -0.388 e. The summed E-state index contributed by atoms with van der Waals surface area (Å²) in [4.78, 5) is 13.5. The van der Waals surface area contributed by atoms with Crippen molar-refractivity contribution >= 4 is 23.2 Å². The number of nitrogens with one attached hydrogen (secondary N) is 1. The predicted molar refractivity (Wildman–Crippen MR) is 91.0 cm³/mol. The van der Waals surface area contributed by atoms with Gasteiger partial charge in [0.2, 0.25) is 5.91 Å². The Hall–Kier alpha value is -2.70. The van der Waals surface area contributed by atoms with Crippen LogP contribution in [0.2, 0.25) is 5.02 Å². The zero-order valence-corrected chi connectivity index (χ0v) is 13.4. The van der Waals surface area contributed by atoms with Crippen molar-refractivity contribution in [3.8, 4) is 5.69 Å². The molecule has 1 heterocycles. The molecule has 3 aromatic rings. The van der Waals surface area contributed by atoms with E-state index in [0.717, 1.165) is 5.69 Å². The summed E-state index contributed by atoms with van der Waals surface area (Å²) in [5, 5.41) is 21.5. The van der Waals surface area contributed by atoms with Gasteiger partial charge < -0.3 is 10.4 Å². The molecule has 24 heavy (non-hydrogen) atoms. The second kappa shape index (κ2) is 7.25. The third-order valence-electron chi connectivity index (χ3n) is 3.43. The average molecular weight is 343 g/mol. The van der Waals surface area contributed by atoms with Crippen molar-refractivity contribution in [2.24, 2.45) is 0 Å². The first kappa shape index (κ1) is 16.2. The van der Waals surface area contributed by atoms with Crippen LogP contribution >= 0.6 is 11.6 Å². The minimum absolute atomic E-state index is 0.0376. The number of carbonyl (C=O) groups is 1. The van der Waals surface area contributed by atoms with Gasteiger partial charge in [0.25, 0.3) is 0 Å². The number of carbonyl (C=O) groups excluding carboxylic acids is 1. The molecule has 0 aliphatic rings. The van der Waals surface area contributed by atoms with Gasteiger partial charge in [-0.2, -0.15) is 15.0 Å². The molecule has 1 atom stereocenters. The third-order valence-corrected chi connectivity index (χ3v) is 3.69. The van der Waals surface area contributed by atoms with Crippen LogP contribution in [0, 0.1) is 0 Å². The number of anilines is 1. The van der Waals surface area contributed by atoms with E-state index in [0.29, 0.717) is 16.3 Å². The van der Waals surface area contributed by atoms with Crippen molar-refractivity contribution < 1.29 is 9.90 Å². The average Bonchev–Trinajstić information content (AvgIpc) is 3.10. The number of aliphatic hydroxyl groups is 1. The molecule has 0 fully saturated rings. The lowest BCUT2D eigenvalue weighted by Crippen LogP contribution is -2.15. The van der Waals surface area contributed by atoms with Crippen molar-refractivity contribution in [1.82, 2.24) is 15.0 Å². The Bertz CT molecular complexity index is 802. The van der Waals surface area contributed by atoms with Gasteiger partial charge in [-0.3, -0.25) is 4.79 Å². The van der Waals surface area contributed by atoms with Gasteiger partial charge >= 0.3 is 0 Å². The van der Waals surface area contributed by atoms with Crippen LogP contribution in [0.15, 0.2) is 60.9 Å². The first-order valence-corrected chi connectivity index (χ1v) is 7.70. The smallest absolute Gasteiger partial charge is 0.227 e. The molecule has 7 heteroatoms. The summed E-state index contributed by atoms with van der Waals surface area (Å²) < 4.78 is 0. The molecular weight excluding hydrogens is 328 g/mol. The first-order valence-electron chi connectivity index (χ1n) is 7.32. The second-order valence-electron chi connectivity index (χ2n) is 5.19. The van der Waals surface area contributed by atoms with E-state index in [4.69, 9.17) is 11.6 Å². The van der Waals surface area contributed by atoms with E-state index in [9.17, 15) is 9.90 Å². The highest BCUT2D eigenvalue weighted by molar-refractivity contribution is 6.30. The van der Waals surface area contributed by atoms with Crippen LogP contribution in [0.3, 0.4) is 0 Å². The fourth-order valence-corrected chi connectivity index (χ4v) is 2.34. The normalized spacial score (nSPS) is 11.9. The van der Waals surface area contributed by atoms with Gasteiger partial charge in [-0.15, -0.1) is 0 Å². The largest absolute Gasteiger partial charge is 0.388 e. The van der Waals surface area contributed by atoms with Gasteiger partial charge in [-0.25, -0.2) is 0 Å². The van der Waals surface area contributed by atoms with E-state index in [-0.39, 0.29) is 12.3 Å². The molecule has 0 saturated heterocycles. The van der Waals surface area contributed by atoms with E-state index in [1.165, 1.54) is 4.80 Å². The van der Waals surface area contributed by atoms with Crippen molar-refractivity contribution in [2.75, 3.05) is 5.32 Å². The maximum absolute atomic E-state index is 12.0. The Morgan fingerprint density at radius 2 is 1.71 bits per heavy atom. The Kier molecular flexibility index (Phi) is 4.88. The molecule has 0 aliphatic carbocycles. The number of nitrogens with zero attached hydrogens (tertiary/aromatic N) is 3. The fourth-order valence-electron chi connectivity index (χ4n) is 2.22. The molecule has 2 aromatic carbocycles. The molecule has 0 bridgehead atoms. The van der Waals surface area contributed by atoms with E-state index >= 15 is 0 Å². The molecule has 6 nitrogen and oxygen atoms in total. The summed E-state index contributed by atoms with van der Waals surface area (Å²) in [5.41, 5.74) is 2.08. The highest BCUT2D eigenvalue weighted by Crippen LogP contribution is 2.20. The topological polar surface area (TPSA) is 80.0 Å². The zero-order valence-electron chi connectivity index (χ0n) is 12.6. The molecule has 1 unspecified atom stereocenters. The number of amides is 1. The number of rotatable bonds is 5. The summed E-state index contributed by atoms with van der Waals surface area (Å²) in [5.74, 6) is -0.276. The lowest BCUT2D eigenvalue weighted by molar-refractivity contribution is -0.118. The lowest BCUT2D eigenvalue weighted by Gasteiger charge is -2.11. The number of aliphatic hydroxyl groups excluding tert-OH is 1. The monoisotopic (exact) mass is 342 g/mol. The molecule has 0 radical (unpaired) electrons. The lowest BCUT2D eigenvalue weighted by atomic mass is 10.1. The maximum atomic E-state index is 12.0. The van der Waals surface area contributed by atoms with Gasteiger partial charge in [0.05, 0.1) is 30.6 Å². The summed E-state index contributed by atoms with van der Waals surface area (Å²) >= 11 is 5.81. The number of halogens is 1. The summed E-state index contributed by atoms with van der Waals surface area (Å²) in [6, 6.07) is 13.9. The Morgan fingerprint density at radius 3 is 2.33 bits per heavy atom. The summed E-state index contributed by atoms with van der Waals surface area (Å²) in [6.45, 7) is 0. The Morgan fingerprint density at radius 1 is 1.08 bits per heavy atom. The Balaban J connectivity index is 1.59. The number of aromatic nitrogens is 3. The fraction of sp³-hybridized carbons (Fsp3) is 0.118. The van der Waals surface area contributed by atoms with Crippen LogP contribution in [0.5, 0.6) is 0 Å². The maximum Gasteiger partial charge on any atom is 0.227 e. The SMILES string of the molecule is O=C(CC(O)c1ccc(Cl)cc1)Nc1ccc(-n2nccn2)cc1. The molecule has 0 aliphatic heterocycles. The molecule has 122 valence electrons. The molecule has 1 amide bonds. The molecule has 1 aromatic heterocycles. The van der Waals surface area contributed by atoms with Gasteiger partial charge in [0, 0.05) is 10.7 Å². The van der Waals surface area contributed by atoms with Gasteiger partial charge in [0.15, 0.2) is 0 Å². The van der Waals surface area contributed by atoms with Crippen molar-refractivity contribution in [1.29, 1.82) is 0 Å². The minimum atomic E-state index is -0.880. The van der Waals surface area contributed by atoms with Crippen molar-refractivity contribution in [3.05, 3.63) is 71.5 Å². The van der Waals surface area contributed by atoms with E-state index < -0.39 is 6.10 Å². The molecule has 0 spiro atoms. The molecule has 2 N–H and O–H groups in total. The number of hydrogen-bond acceptors (Lipinski definition) is 4. The molecular formula is C17H15ClN4O2. The van der Waals surface area contributed by atoms with Gasteiger partial charge in [-0.1, -0.05) is 23.7 Å². The quantitative estimate of drug-likeness (QED) is 0.747. The van der Waals surface area contributed by atoms with Crippen LogP contribution < -0.4 is 5.32 Å². The number of benzene rings is 2. The zero-order chi connectivity index (χ0) is 16.9. The third kappa shape index (κ3) is 3.98. The molecule has 0 saturated carbocycles. The van der Waals surface area contributed by atoms with Crippen LogP contribution in [0.1, 0.15) is 18.1 Å². The predicted octanol–water partition coefficient (Wildman–Crippen LogP) is 2.98. The van der Waals surface area contributed by atoms with Crippen LogP contribution in [0.25, 0.3) is 5.69 Å². The van der Waals surface area contributed by atoms with Crippen LogP contribution in [-0.2, 0) is 4.79 Å². The number of hydrogen-bond donors (Lipinski definition) is 2. The van der Waals surface area contributed by atoms with E-state index in [1.807, 2.05) is 0 Å². The highest BCUT2D eigenvalue weighted by atomic mass is 35.5. The summed E-state index contributed by atoms with van der Waals surface area (Å²) in [6.07, 6.45) is 2.26. The van der Waals surface area contributed by atoms with E-state index in [2.05, 4.69) is 15.5 Å². The van der Waals surface area contributed by atoms with Crippen LogP contribution in [-0.4, -0.2) is 26.0 Å². The second-order valence-corrected chi connectivity index (χ2v) is 5.62. The van der Waals surface area contributed by atoms with Gasteiger partial charge in [-0.05, 0) is 42.0 Å².